The highest BCUT2D eigenvalue weighted by molar-refractivity contribution is 9.10. The Bertz CT molecular complexity index is 359. The van der Waals surface area contributed by atoms with Crippen LogP contribution in [0.4, 0.5) is 5.69 Å². The summed E-state index contributed by atoms with van der Waals surface area (Å²) in [5.74, 6) is 0.944. The van der Waals surface area contributed by atoms with Gasteiger partial charge in [-0.15, -0.1) is 0 Å². The van der Waals surface area contributed by atoms with Gasteiger partial charge in [-0.25, -0.2) is 4.98 Å². The van der Waals surface area contributed by atoms with Crippen LogP contribution >= 0.6 is 15.9 Å². The summed E-state index contributed by atoms with van der Waals surface area (Å²) in [4.78, 5) is 4.39. The van der Waals surface area contributed by atoms with Crippen LogP contribution in [0.1, 0.15) is 44.2 Å². The average molecular weight is 297 g/mol. The smallest absolute Gasteiger partial charge is 0.106 e. The first-order chi connectivity index (χ1) is 8.25. The first-order valence-electron chi connectivity index (χ1n) is 6.63. The van der Waals surface area contributed by atoms with E-state index in [0.29, 0.717) is 0 Å². The predicted octanol–water partition coefficient (Wildman–Crippen LogP) is 4.53. The van der Waals surface area contributed by atoms with Crippen molar-refractivity contribution in [3.05, 3.63) is 22.4 Å². The van der Waals surface area contributed by atoms with Crippen LogP contribution in [-0.2, 0) is 0 Å². The highest BCUT2D eigenvalue weighted by Crippen LogP contribution is 2.26. The van der Waals surface area contributed by atoms with E-state index in [-0.39, 0.29) is 0 Å². The van der Waals surface area contributed by atoms with Crippen molar-refractivity contribution in [3.8, 4) is 0 Å². The Hall–Kier alpha value is -0.570. The molecule has 0 atom stereocenters. The molecule has 1 aliphatic rings. The molecule has 0 aliphatic heterocycles. The summed E-state index contributed by atoms with van der Waals surface area (Å²) >= 11 is 3.39. The van der Waals surface area contributed by atoms with Crippen molar-refractivity contribution in [2.75, 3.05) is 11.9 Å². The molecule has 3 heteroatoms. The van der Waals surface area contributed by atoms with Crippen molar-refractivity contribution in [2.24, 2.45) is 5.92 Å². The molecule has 2 rings (SSSR count). The molecular weight excluding hydrogens is 276 g/mol. The fraction of sp³-hybridized carbons (Fsp3) is 0.643. The van der Waals surface area contributed by atoms with Gasteiger partial charge in [0.15, 0.2) is 0 Å². The van der Waals surface area contributed by atoms with E-state index in [9.17, 15) is 0 Å². The molecule has 0 saturated heterocycles. The minimum atomic E-state index is 0.910. The van der Waals surface area contributed by atoms with E-state index in [4.69, 9.17) is 0 Å². The molecule has 0 bridgehead atoms. The second kappa shape index (κ2) is 6.39. The maximum absolute atomic E-state index is 4.39. The van der Waals surface area contributed by atoms with E-state index in [1.54, 1.807) is 0 Å². The lowest BCUT2D eigenvalue weighted by atomic mass is 9.87. The monoisotopic (exact) mass is 296 g/mol. The van der Waals surface area contributed by atoms with Crippen LogP contribution in [0, 0.1) is 12.8 Å². The Kier molecular flexibility index (Phi) is 4.84. The van der Waals surface area contributed by atoms with Crippen LogP contribution < -0.4 is 5.32 Å². The second-order valence-corrected chi connectivity index (χ2v) is 5.80. The number of pyridine rings is 1. The minimum Gasteiger partial charge on any atom is -0.384 e. The number of anilines is 1. The van der Waals surface area contributed by atoms with Gasteiger partial charge in [-0.3, -0.25) is 0 Å². The quantitative estimate of drug-likeness (QED) is 0.826. The lowest BCUT2D eigenvalue weighted by Gasteiger charge is -2.21. The zero-order valence-electron chi connectivity index (χ0n) is 10.5. The van der Waals surface area contributed by atoms with Crippen LogP contribution in [0.5, 0.6) is 0 Å². The number of nitrogens with zero attached hydrogens (tertiary/aromatic N) is 1. The molecule has 94 valence electrons. The summed E-state index contributed by atoms with van der Waals surface area (Å²) in [6.07, 6.45) is 8.47. The normalized spacial score (nSPS) is 17.1. The van der Waals surface area contributed by atoms with E-state index in [1.165, 1.54) is 44.2 Å². The first-order valence-corrected chi connectivity index (χ1v) is 7.42. The van der Waals surface area contributed by atoms with Crippen molar-refractivity contribution in [1.82, 2.24) is 4.98 Å². The number of aryl methyl sites for hydroxylation is 1. The highest BCUT2D eigenvalue weighted by Gasteiger charge is 2.12. The predicted molar refractivity (Wildman–Crippen MR) is 76.4 cm³/mol. The molecule has 1 N–H and O–H groups in total. The van der Waals surface area contributed by atoms with Gasteiger partial charge in [0, 0.05) is 6.54 Å². The number of aromatic nitrogens is 1. The molecule has 1 aromatic rings. The number of hydrogen-bond acceptors (Lipinski definition) is 2. The lowest BCUT2D eigenvalue weighted by Crippen LogP contribution is -2.12. The Morgan fingerprint density at radius 1 is 1.29 bits per heavy atom. The van der Waals surface area contributed by atoms with Crippen LogP contribution in [0.2, 0.25) is 0 Å². The third-order valence-electron chi connectivity index (χ3n) is 3.64. The summed E-state index contributed by atoms with van der Waals surface area (Å²) < 4.78 is 0.910. The fourth-order valence-corrected chi connectivity index (χ4v) is 3.00. The fourth-order valence-electron chi connectivity index (χ4n) is 2.60. The molecule has 1 aliphatic carbocycles. The molecule has 0 unspecified atom stereocenters. The van der Waals surface area contributed by atoms with Gasteiger partial charge in [0.1, 0.15) is 4.60 Å². The molecular formula is C14H21BrN2. The molecule has 0 amide bonds. The van der Waals surface area contributed by atoms with E-state index in [0.717, 1.165) is 22.8 Å². The molecule has 0 aromatic carbocycles. The van der Waals surface area contributed by atoms with Crippen molar-refractivity contribution >= 4 is 21.6 Å². The molecule has 1 aromatic heterocycles. The van der Waals surface area contributed by atoms with Gasteiger partial charge in [-0.1, -0.05) is 32.1 Å². The summed E-state index contributed by atoms with van der Waals surface area (Å²) in [5.41, 5.74) is 2.24. The Morgan fingerprint density at radius 3 is 2.76 bits per heavy atom. The molecule has 1 heterocycles. The van der Waals surface area contributed by atoms with Gasteiger partial charge in [-0.2, -0.15) is 0 Å². The van der Waals surface area contributed by atoms with Gasteiger partial charge in [0.25, 0.3) is 0 Å². The zero-order valence-corrected chi connectivity index (χ0v) is 12.1. The lowest BCUT2D eigenvalue weighted by molar-refractivity contribution is 0.345. The van der Waals surface area contributed by atoms with Crippen molar-refractivity contribution in [1.29, 1.82) is 0 Å². The molecule has 1 saturated carbocycles. The number of hydrogen-bond donors (Lipinski definition) is 1. The third-order valence-corrected chi connectivity index (χ3v) is 4.09. The number of rotatable bonds is 4. The van der Waals surface area contributed by atoms with Gasteiger partial charge in [-0.05, 0) is 47.3 Å². The van der Waals surface area contributed by atoms with Gasteiger partial charge in [0.05, 0.1) is 11.4 Å². The highest BCUT2D eigenvalue weighted by atomic mass is 79.9. The van der Waals surface area contributed by atoms with E-state index < -0.39 is 0 Å². The van der Waals surface area contributed by atoms with Crippen molar-refractivity contribution < 1.29 is 0 Å². The van der Waals surface area contributed by atoms with E-state index >= 15 is 0 Å². The number of halogens is 1. The average Bonchev–Trinajstić information content (AvgIpc) is 2.33. The zero-order chi connectivity index (χ0) is 12.1. The summed E-state index contributed by atoms with van der Waals surface area (Å²) in [6.45, 7) is 3.13. The topological polar surface area (TPSA) is 24.9 Å². The largest absolute Gasteiger partial charge is 0.384 e. The minimum absolute atomic E-state index is 0.910. The summed E-state index contributed by atoms with van der Waals surface area (Å²) in [6, 6.07) is 4.10. The molecule has 0 spiro atoms. The van der Waals surface area contributed by atoms with Crippen molar-refractivity contribution in [3.63, 3.8) is 0 Å². The van der Waals surface area contributed by atoms with E-state index in [2.05, 4.69) is 32.3 Å². The molecule has 0 radical (unpaired) electrons. The Balaban J connectivity index is 1.77. The second-order valence-electron chi connectivity index (χ2n) is 4.99. The molecule has 1 fully saturated rings. The summed E-state index contributed by atoms with van der Waals surface area (Å²) in [5, 5.41) is 3.50. The molecule has 17 heavy (non-hydrogen) atoms. The Labute approximate surface area is 112 Å². The molecule has 2 nitrogen and oxygen atoms in total. The van der Waals surface area contributed by atoms with Crippen molar-refractivity contribution in [2.45, 2.75) is 45.4 Å². The van der Waals surface area contributed by atoms with Crippen LogP contribution in [0.25, 0.3) is 0 Å². The SMILES string of the molecule is Cc1nc(Br)ccc1NCCC1CCCCC1. The van der Waals surface area contributed by atoms with E-state index in [1.807, 2.05) is 13.0 Å². The van der Waals surface area contributed by atoms with Crippen LogP contribution in [0.3, 0.4) is 0 Å². The Morgan fingerprint density at radius 2 is 2.06 bits per heavy atom. The van der Waals surface area contributed by atoms with Gasteiger partial charge in [0.2, 0.25) is 0 Å². The maximum Gasteiger partial charge on any atom is 0.106 e. The maximum atomic E-state index is 4.39. The van der Waals surface area contributed by atoms with Crippen LogP contribution in [0.15, 0.2) is 16.7 Å². The third kappa shape index (κ3) is 3.98. The standard InChI is InChI=1S/C14H21BrN2/c1-11-13(7-8-14(15)17-11)16-10-9-12-5-3-2-4-6-12/h7-8,12,16H,2-6,9-10H2,1H3. The first kappa shape index (κ1) is 12.9. The number of nitrogens with one attached hydrogen (secondary N) is 1. The van der Waals surface area contributed by atoms with Gasteiger partial charge >= 0.3 is 0 Å². The van der Waals surface area contributed by atoms with Crippen LogP contribution in [-0.4, -0.2) is 11.5 Å². The van der Waals surface area contributed by atoms with Gasteiger partial charge < -0.3 is 5.32 Å². The summed E-state index contributed by atoms with van der Waals surface area (Å²) in [7, 11) is 0.